The third-order valence-corrected chi connectivity index (χ3v) is 7.65. The molecule has 7 nitrogen and oxygen atoms in total. The molecule has 1 atom stereocenters. The number of rotatable bonds is 9. The van der Waals surface area contributed by atoms with Crippen LogP contribution in [-0.4, -0.2) is 26.0 Å². The summed E-state index contributed by atoms with van der Waals surface area (Å²) in [6, 6.07) is 13.1. The molecular weight excluding hydrogens is 434 g/mol. The van der Waals surface area contributed by atoms with E-state index in [0.29, 0.717) is 30.1 Å². The molecule has 2 N–H and O–H groups in total. The summed E-state index contributed by atoms with van der Waals surface area (Å²) in [6.45, 7) is 5.79. The third-order valence-electron chi connectivity index (χ3n) is 4.69. The number of nitrogens with zero attached hydrogens (tertiary/aromatic N) is 1. The van der Waals surface area contributed by atoms with Gasteiger partial charge in [0.15, 0.2) is 5.76 Å². The fourth-order valence-corrected chi connectivity index (χ4v) is 5.22. The normalized spacial score (nSPS) is 12.9. The lowest BCUT2D eigenvalue weighted by molar-refractivity contribution is -0.115. The molecule has 164 valence electrons. The number of carbonyl (C=O) groups is 1. The highest BCUT2D eigenvalue weighted by atomic mass is 32.2. The SMILES string of the molecule is CCC(=O)Nc1c(C)noc1/C=C/c1ccc(S(=O)(=O)NC[C@@H](C)c2ccccc2)s1. The Kier molecular flexibility index (Phi) is 7.42. The van der Waals surface area contributed by atoms with Crippen molar-refractivity contribution in [2.24, 2.45) is 0 Å². The predicted molar refractivity (Wildman–Crippen MR) is 123 cm³/mol. The van der Waals surface area contributed by atoms with Crippen LogP contribution in [0.5, 0.6) is 0 Å². The minimum atomic E-state index is -3.61. The quantitative estimate of drug-likeness (QED) is 0.485. The van der Waals surface area contributed by atoms with Gasteiger partial charge in [-0.1, -0.05) is 49.3 Å². The molecule has 0 fully saturated rings. The van der Waals surface area contributed by atoms with E-state index in [1.165, 1.54) is 0 Å². The van der Waals surface area contributed by atoms with Crippen molar-refractivity contribution in [2.75, 3.05) is 11.9 Å². The molecule has 0 spiro atoms. The van der Waals surface area contributed by atoms with Crippen LogP contribution in [0.25, 0.3) is 12.2 Å². The molecule has 2 heterocycles. The lowest BCUT2D eigenvalue weighted by Gasteiger charge is -2.12. The topological polar surface area (TPSA) is 101 Å². The third kappa shape index (κ3) is 5.90. The fourth-order valence-electron chi connectivity index (χ4n) is 2.81. The largest absolute Gasteiger partial charge is 0.354 e. The molecule has 0 saturated carbocycles. The number of hydrogen-bond acceptors (Lipinski definition) is 6. The Morgan fingerprint density at radius 3 is 2.65 bits per heavy atom. The molecule has 1 amide bonds. The Hall–Kier alpha value is -2.75. The first kappa shape index (κ1) is 22.9. The van der Waals surface area contributed by atoms with Gasteiger partial charge in [0.25, 0.3) is 0 Å². The number of carbonyl (C=O) groups excluding carboxylic acids is 1. The van der Waals surface area contributed by atoms with Crippen LogP contribution in [0.2, 0.25) is 0 Å². The highest BCUT2D eigenvalue weighted by Gasteiger charge is 2.18. The van der Waals surface area contributed by atoms with Crippen LogP contribution in [-0.2, 0) is 14.8 Å². The summed E-state index contributed by atoms with van der Waals surface area (Å²) in [5.74, 6) is 0.329. The van der Waals surface area contributed by atoms with Gasteiger partial charge < -0.3 is 9.84 Å². The van der Waals surface area contributed by atoms with E-state index >= 15 is 0 Å². The van der Waals surface area contributed by atoms with E-state index in [1.54, 1.807) is 38.1 Å². The van der Waals surface area contributed by atoms with Crippen molar-refractivity contribution in [1.29, 1.82) is 0 Å². The van der Waals surface area contributed by atoms with E-state index in [4.69, 9.17) is 4.52 Å². The second kappa shape index (κ2) is 10.0. The van der Waals surface area contributed by atoms with Crippen molar-refractivity contribution in [2.45, 2.75) is 37.3 Å². The molecule has 0 radical (unpaired) electrons. The summed E-state index contributed by atoms with van der Waals surface area (Å²) < 4.78 is 33.5. The summed E-state index contributed by atoms with van der Waals surface area (Å²) in [4.78, 5) is 12.4. The molecule has 0 aliphatic heterocycles. The average molecular weight is 460 g/mol. The number of anilines is 1. The maximum Gasteiger partial charge on any atom is 0.250 e. The zero-order valence-electron chi connectivity index (χ0n) is 17.6. The van der Waals surface area contributed by atoms with Crippen LogP contribution >= 0.6 is 11.3 Å². The van der Waals surface area contributed by atoms with Gasteiger partial charge in [0.2, 0.25) is 15.9 Å². The summed E-state index contributed by atoms with van der Waals surface area (Å²) in [7, 11) is -3.61. The average Bonchev–Trinajstić information content (AvgIpc) is 3.39. The number of benzene rings is 1. The van der Waals surface area contributed by atoms with Crippen molar-refractivity contribution < 1.29 is 17.7 Å². The maximum atomic E-state index is 12.7. The molecular formula is C22H25N3O4S2. The minimum absolute atomic E-state index is 0.0572. The van der Waals surface area contributed by atoms with Gasteiger partial charge in [0.1, 0.15) is 15.6 Å². The van der Waals surface area contributed by atoms with E-state index in [2.05, 4.69) is 15.2 Å². The molecule has 0 saturated heterocycles. The first-order valence-corrected chi connectivity index (χ1v) is 12.2. The lowest BCUT2D eigenvalue weighted by atomic mass is 10.0. The molecule has 3 rings (SSSR count). The van der Waals surface area contributed by atoms with Crippen molar-refractivity contribution in [3.63, 3.8) is 0 Å². The van der Waals surface area contributed by atoms with Gasteiger partial charge in [-0.15, -0.1) is 11.3 Å². The molecule has 0 aliphatic carbocycles. The number of sulfonamides is 1. The monoisotopic (exact) mass is 459 g/mol. The summed E-state index contributed by atoms with van der Waals surface area (Å²) in [5, 5.41) is 6.65. The lowest BCUT2D eigenvalue weighted by Crippen LogP contribution is -2.27. The number of thiophene rings is 1. The molecule has 0 aliphatic rings. The van der Waals surface area contributed by atoms with Crippen molar-refractivity contribution in [3.8, 4) is 0 Å². The van der Waals surface area contributed by atoms with Crippen molar-refractivity contribution in [1.82, 2.24) is 9.88 Å². The van der Waals surface area contributed by atoms with Crippen LogP contribution in [0.3, 0.4) is 0 Å². The minimum Gasteiger partial charge on any atom is -0.354 e. The molecule has 9 heteroatoms. The first-order valence-electron chi connectivity index (χ1n) is 9.88. The van der Waals surface area contributed by atoms with Crippen LogP contribution in [0, 0.1) is 6.92 Å². The number of amides is 1. The highest BCUT2D eigenvalue weighted by Crippen LogP contribution is 2.26. The molecule has 0 unspecified atom stereocenters. The molecule has 1 aromatic carbocycles. The van der Waals surface area contributed by atoms with E-state index < -0.39 is 10.0 Å². The standard InChI is InChI=1S/C22H25N3O4S2/c1-4-20(26)24-22-16(3)25-29-19(22)12-10-18-11-13-21(30-18)31(27,28)23-14-15(2)17-8-6-5-7-9-17/h5-13,15,23H,4,14H2,1-3H3,(H,24,26)/b12-10+/t15-/m1/s1. The van der Waals surface area contributed by atoms with Crippen LogP contribution < -0.4 is 10.0 Å². The second-order valence-corrected chi connectivity index (χ2v) is 10.2. The van der Waals surface area contributed by atoms with Gasteiger partial charge in [-0.3, -0.25) is 4.79 Å². The Morgan fingerprint density at radius 2 is 1.94 bits per heavy atom. The number of nitrogens with one attached hydrogen (secondary N) is 2. The van der Waals surface area contributed by atoms with Crippen molar-refractivity contribution in [3.05, 3.63) is 64.4 Å². The maximum absolute atomic E-state index is 12.7. The fraction of sp³-hybridized carbons (Fsp3) is 0.273. The van der Waals surface area contributed by atoms with Crippen molar-refractivity contribution >= 4 is 45.1 Å². The van der Waals surface area contributed by atoms with E-state index in [0.717, 1.165) is 21.8 Å². The van der Waals surface area contributed by atoms with E-state index in [1.807, 2.05) is 37.3 Å². The molecule has 2 aromatic heterocycles. The van der Waals surface area contributed by atoms with Gasteiger partial charge in [0, 0.05) is 17.8 Å². The summed E-state index contributed by atoms with van der Waals surface area (Å²) >= 11 is 1.15. The van der Waals surface area contributed by atoms with Gasteiger partial charge in [0.05, 0.1) is 0 Å². The Morgan fingerprint density at radius 1 is 1.19 bits per heavy atom. The van der Waals surface area contributed by atoms with E-state index in [9.17, 15) is 13.2 Å². The Bertz CT molecular complexity index is 1160. The number of aromatic nitrogens is 1. The van der Waals surface area contributed by atoms with Crippen LogP contribution in [0.15, 0.2) is 51.2 Å². The molecule has 31 heavy (non-hydrogen) atoms. The van der Waals surface area contributed by atoms with Crippen LogP contribution in [0.4, 0.5) is 5.69 Å². The smallest absolute Gasteiger partial charge is 0.250 e. The summed E-state index contributed by atoms with van der Waals surface area (Å²) in [6.07, 6.45) is 3.74. The van der Waals surface area contributed by atoms with Gasteiger partial charge in [-0.05, 0) is 42.7 Å². The molecule has 0 bridgehead atoms. The molecule has 3 aromatic rings. The number of aryl methyl sites for hydroxylation is 1. The predicted octanol–water partition coefficient (Wildman–Crippen LogP) is 4.65. The zero-order chi connectivity index (χ0) is 22.4. The number of hydrogen-bond donors (Lipinski definition) is 2. The Labute approximate surface area is 186 Å². The van der Waals surface area contributed by atoms with E-state index in [-0.39, 0.29) is 16.0 Å². The second-order valence-electron chi connectivity index (χ2n) is 7.06. The van der Waals surface area contributed by atoms with Crippen LogP contribution in [0.1, 0.15) is 48.1 Å². The highest BCUT2D eigenvalue weighted by molar-refractivity contribution is 7.91. The van der Waals surface area contributed by atoms with Gasteiger partial charge in [-0.2, -0.15) is 0 Å². The zero-order valence-corrected chi connectivity index (χ0v) is 19.2. The summed E-state index contributed by atoms with van der Waals surface area (Å²) in [5.41, 5.74) is 2.17. The first-order chi connectivity index (χ1) is 14.8. The van der Waals surface area contributed by atoms with Gasteiger partial charge in [-0.25, -0.2) is 13.1 Å². The Balaban J connectivity index is 1.68. The van der Waals surface area contributed by atoms with Gasteiger partial charge >= 0.3 is 0 Å².